The van der Waals surface area contributed by atoms with Crippen LogP contribution in [0.15, 0.2) is 70.5 Å². The quantitative estimate of drug-likeness (QED) is 0.528. The van der Waals surface area contributed by atoms with Crippen LogP contribution in [-0.2, 0) is 9.84 Å². The van der Waals surface area contributed by atoms with Crippen molar-refractivity contribution in [3.63, 3.8) is 0 Å². The maximum atomic E-state index is 13.0. The highest BCUT2D eigenvalue weighted by molar-refractivity contribution is 7.91. The summed E-state index contributed by atoms with van der Waals surface area (Å²) in [5, 5.41) is 11.7. The molecule has 0 saturated heterocycles. The summed E-state index contributed by atoms with van der Waals surface area (Å²) < 4.78 is 25.9. The molecular formula is C21H11ClN2O4S. The molecule has 0 radical (unpaired) electrons. The van der Waals surface area contributed by atoms with Crippen molar-refractivity contribution in [2.24, 2.45) is 0 Å². The molecule has 1 heterocycles. The van der Waals surface area contributed by atoms with Gasteiger partial charge in [-0.1, -0.05) is 23.7 Å². The number of nitrogens with zero attached hydrogens (tertiary/aromatic N) is 1. The standard InChI is InChI=1S/C21H11ClN2O4S/c22-17-10-14(7-5-13(17)11-23)24-21(26)12-6-8-16-19(9-12)29(27,28)18-4-2-1-3-15(18)20(16)25/h1-10H,(H,24,26). The second-order valence-corrected chi connectivity index (χ2v) is 8.59. The second-order valence-electron chi connectivity index (χ2n) is 6.30. The average Bonchev–Trinajstić information content (AvgIpc) is 2.72. The Morgan fingerprint density at radius 1 is 0.966 bits per heavy atom. The van der Waals surface area contributed by atoms with Crippen LogP contribution in [0.3, 0.4) is 0 Å². The van der Waals surface area contributed by atoms with Crippen molar-refractivity contribution in [3.8, 4) is 6.07 Å². The topological polar surface area (TPSA) is 104 Å². The van der Waals surface area contributed by atoms with E-state index in [0.29, 0.717) is 5.69 Å². The minimum absolute atomic E-state index is 0.0293. The fourth-order valence-electron chi connectivity index (χ4n) is 3.11. The van der Waals surface area contributed by atoms with Gasteiger partial charge in [0.05, 0.1) is 20.4 Å². The Morgan fingerprint density at radius 3 is 2.41 bits per heavy atom. The monoisotopic (exact) mass is 422 g/mol. The highest BCUT2D eigenvalue weighted by Gasteiger charge is 2.35. The number of rotatable bonds is 2. The van der Waals surface area contributed by atoms with Crippen molar-refractivity contribution in [1.82, 2.24) is 0 Å². The first-order valence-corrected chi connectivity index (χ1v) is 10.2. The summed E-state index contributed by atoms with van der Waals surface area (Å²) in [4.78, 5) is 25.0. The van der Waals surface area contributed by atoms with Crippen LogP contribution in [0.4, 0.5) is 5.69 Å². The van der Waals surface area contributed by atoms with E-state index in [1.807, 2.05) is 6.07 Å². The number of ketones is 1. The largest absolute Gasteiger partial charge is 0.322 e. The van der Waals surface area contributed by atoms with Crippen LogP contribution in [0, 0.1) is 11.3 Å². The number of amides is 1. The van der Waals surface area contributed by atoms with Gasteiger partial charge >= 0.3 is 0 Å². The predicted octanol–water partition coefficient (Wildman–Crippen LogP) is 3.84. The number of hydrogen-bond acceptors (Lipinski definition) is 5. The lowest BCUT2D eigenvalue weighted by molar-refractivity contribution is 0.101. The molecule has 0 spiro atoms. The number of anilines is 1. The van der Waals surface area contributed by atoms with Gasteiger partial charge < -0.3 is 5.32 Å². The average molecular weight is 423 g/mol. The van der Waals surface area contributed by atoms with Crippen LogP contribution in [0.25, 0.3) is 0 Å². The molecule has 8 heteroatoms. The number of hydrogen-bond donors (Lipinski definition) is 1. The molecule has 0 aliphatic carbocycles. The van der Waals surface area contributed by atoms with Crippen LogP contribution in [0.1, 0.15) is 31.8 Å². The van der Waals surface area contributed by atoms with Crippen LogP contribution < -0.4 is 5.32 Å². The summed E-state index contributed by atoms with van der Waals surface area (Å²) in [7, 11) is -3.94. The van der Waals surface area contributed by atoms with Gasteiger partial charge in [-0.2, -0.15) is 5.26 Å². The first-order valence-electron chi connectivity index (χ1n) is 8.37. The third kappa shape index (κ3) is 3.09. The zero-order chi connectivity index (χ0) is 20.8. The van der Waals surface area contributed by atoms with E-state index < -0.39 is 21.5 Å². The molecule has 1 N–H and O–H groups in total. The van der Waals surface area contributed by atoms with Gasteiger partial charge in [0.1, 0.15) is 6.07 Å². The fourth-order valence-corrected chi connectivity index (χ4v) is 5.01. The molecule has 1 aliphatic rings. The Balaban J connectivity index is 1.73. The number of sulfone groups is 1. The highest BCUT2D eigenvalue weighted by Crippen LogP contribution is 2.35. The second kappa shape index (κ2) is 6.85. The van der Waals surface area contributed by atoms with Gasteiger partial charge in [0.15, 0.2) is 5.78 Å². The lowest BCUT2D eigenvalue weighted by Crippen LogP contribution is -2.21. The van der Waals surface area contributed by atoms with Gasteiger partial charge in [0.25, 0.3) is 5.91 Å². The normalized spacial score (nSPS) is 13.7. The molecule has 3 aromatic carbocycles. The van der Waals surface area contributed by atoms with Crippen molar-refractivity contribution in [1.29, 1.82) is 5.26 Å². The molecule has 3 aromatic rings. The van der Waals surface area contributed by atoms with Crippen molar-refractivity contribution in [3.05, 3.63) is 87.9 Å². The molecule has 29 heavy (non-hydrogen) atoms. The minimum atomic E-state index is -3.94. The van der Waals surface area contributed by atoms with Gasteiger partial charge in [-0.15, -0.1) is 0 Å². The van der Waals surface area contributed by atoms with Gasteiger partial charge in [-0.25, -0.2) is 8.42 Å². The van der Waals surface area contributed by atoms with E-state index in [-0.39, 0.29) is 37.1 Å². The number of halogens is 1. The molecule has 1 amide bonds. The number of nitrogens with one attached hydrogen (secondary N) is 1. The summed E-state index contributed by atoms with van der Waals surface area (Å²) in [5.41, 5.74) is 0.828. The summed E-state index contributed by atoms with van der Waals surface area (Å²) in [6.45, 7) is 0. The Labute approximate surface area is 171 Å². The van der Waals surface area contributed by atoms with Crippen LogP contribution >= 0.6 is 11.6 Å². The predicted molar refractivity (Wildman–Crippen MR) is 106 cm³/mol. The summed E-state index contributed by atoms with van der Waals surface area (Å²) >= 11 is 5.96. The maximum absolute atomic E-state index is 13.0. The summed E-state index contributed by atoms with van der Waals surface area (Å²) in [6, 6.07) is 16.2. The fraction of sp³-hybridized carbons (Fsp3) is 0. The van der Waals surface area contributed by atoms with Gasteiger partial charge in [-0.3, -0.25) is 9.59 Å². The van der Waals surface area contributed by atoms with E-state index in [1.54, 1.807) is 12.1 Å². The molecule has 0 atom stereocenters. The van der Waals surface area contributed by atoms with E-state index in [0.717, 1.165) is 0 Å². The van der Waals surface area contributed by atoms with Crippen molar-refractivity contribution < 1.29 is 18.0 Å². The lowest BCUT2D eigenvalue weighted by Gasteiger charge is -2.19. The first kappa shape index (κ1) is 18.9. The number of benzene rings is 3. The van der Waals surface area contributed by atoms with Gasteiger partial charge in [0, 0.05) is 22.4 Å². The van der Waals surface area contributed by atoms with E-state index in [2.05, 4.69) is 5.32 Å². The van der Waals surface area contributed by atoms with Gasteiger partial charge in [-0.05, 0) is 48.5 Å². The summed E-state index contributed by atoms with van der Waals surface area (Å²) in [5.74, 6) is -0.980. The van der Waals surface area contributed by atoms with Gasteiger partial charge in [0.2, 0.25) is 9.84 Å². The summed E-state index contributed by atoms with van der Waals surface area (Å²) in [6.07, 6.45) is 0. The smallest absolute Gasteiger partial charge is 0.255 e. The highest BCUT2D eigenvalue weighted by atomic mass is 35.5. The Hall–Kier alpha value is -3.47. The molecular weight excluding hydrogens is 412 g/mol. The van der Waals surface area contributed by atoms with E-state index in [1.165, 1.54) is 48.5 Å². The Kier molecular flexibility index (Phi) is 4.46. The molecule has 0 fully saturated rings. The number of carbonyl (C=O) groups excluding carboxylic acids is 2. The van der Waals surface area contributed by atoms with Crippen molar-refractivity contribution >= 4 is 38.8 Å². The number of carbonyl (C=O) groups is 2. The third-order valence-corrected chi connectivity index (χ3v) is 6.71. The molecule has 4 rings (SSSR count). The molecule has 0 aromatic heterocycles. The molecule has 6 nitrogen and oxygen atoms in total. The molecule has 0 bridgehead atoms. The van der Waals surface area contributed by atoms with Crippen LogP contribution in [0.2, 0.25) is 5.02 Å². The van der Waals surface area contributed by atoms with Crippen molar-refractivity contribution in [2.75, 3.05) is 5.32 Å². The van der Waals surface area contributed by atoms with Crippen LogP contribution in [0.5, 0.6) is 0 Å². The first-order chi connectivity index (χ1) is 13.8. The Morgan fingerprint density at radius 2 is 1.69 bits per heavy atom. The number of nitriles is 1. The molecule has 1 aliphatic heterocycles. The Bertz CT molecular complexity index is 1360. The zero-order valence-electron chi connectivity index (χ0n) is 14.6. The minimum Gasteiger partial charge on any atom is -0.322 e. The maximum Gasteiger partial charge on any atom is 0.255 e. The molecule has 0 unspecified atom stereocenters. The SMILES string of the molecule is N#Cc1ccc(NC(=O)c2ccc3c(c2)S(=O)(=O)c2ccccc2C3=O)cc1Cl. The molecule has 0 saturated carbocycles. The van der Waals surface area contributed by atoms with E-state index in [9.17, 15) is 18.0 Å². The molecule has 142 valence electrons. The lowest BCUT2D eigenvalue weighted by atomic mass is 10.0. The number of fused-ring (bicyclic) bond motifs is 2. The van der Waals surface area contributed by atoms with E-state index in [4.69, 9.17) is 16.9 Å². The third-order valence-electron chi connectivity index (χ3n) is 4.55. The van der Waals surface area contributed by atoms with Crippen molar-refractivity contribution in [2.45, 2.75) is 9.79 Å². The van der Waals surface area contributed by atoms with E-state index >= 15 is 0 Å². The zero-order valence-corrected chi connectivity index (χ0v) is 16.2. The van der Waals surface area contributed by atoms with Crippen LogP contribution in [-0.4, -0.2) is 20.1 Å².